The second kappa shape index (κ2) is 8.64. The third kappa shape index (κ3) is 4.58. The Kier molecular flexibility index (Phi) is 6.53. The smallest absolute Gasteiger partial charge is 0.419 e. The fourth-order valence-electron chi connectivity index (χ4n) is 3.62. The van der Waals surface area contributed by atoms with Crippen molar-refractivity contribution in [2.24, 2.45) is 0 Å². The van der Waals surface area contributed by atoms with Crippen LogP contribution in [0.15, 0.2) is 41.3 Å². The zero-order valence-corrected chi connectivity index (χ0v) is 19.2. The summed E-state index contributed by atoms with van der Waals surface area (Å²) < 4.78 is 121. The van der Waals surface area contributed by atoms with Gasteiger partial charge >= 0.3 is 18.4 Å². The normalized spacial score (nSPS) is 15.0. The van der Waals surface area contributed by atoms with E-state index in [4.69, 9.17) is 0 Å². The first kappa shape index (κ1) is 27.2. The molecule has 3 rings (SSSR count). The van der Waals surface area contributed by atoms with Crippen LogP contribution in [0, 0.1) is 5.82 Å². The number of rotatable bonds is 4. The van der Waals surface area contributed by atoms with E-state index in [0.717, 1.165) is 18.2 Å². The second-order valence-corrected chi connectivity index (χ2v) is 10.1. The molecule has 7 nitrogen and oxygen atoms in total. The van der Waals surface area contributed by atoms with Gasteiger partial charge in [0, 0.05) is 18.5 Å². The van der Waals surface area contributed by atoms with Crippen LogP contribution in [0.25, 0.3) is 0 Å². The van der Waals surface area contributed by atoms with E-state index in [1.807, 2.05) is 0 Å². The largest absolute Gasteiger partial charge is 0.465 e. The average Bonchev–Trinajstić information content (AvgIpc) is 2.72. The Morgan fingerprint density at radius 2 is 1.64 bits per heavy atom. The summed E-state index contributed by atoms with van der Waals surface area (Å²) in [4.78, 5) is 23.1. The number of nitrogens with zero attached hydrogens (tertiary/aromatic N) is 2. The van der Waals surface area contributed by atoms with Crippen LogP contribution in [-0.2, 0) is 16.2 Å². The topological polar surface area (TPSA) is 95.0 Å². The SMILES string of the molecule is CC(C)(N(C(=O)O)c1ccc2c(c1)N(S(=O)(=O)c1ccc(F)c(C(F)(F)F)c1)CCC2=O)C(F)(F)F. The lowest BCUT2D eigenvalue weighted by molar-refractivity contribution is -0.175. The second-order valence-electron chi connectivity index (χ2n) is 8.27. The number of carbonyl (C=O) groups is 2. The predicted octanol–water partition coefficient (Wildman–Crippen LogP) is 5.45. The summed E-state index contributed by atoms with van der Waals surface area (Å²) in [5, 5.41) is 9.50. The number of fused-ring (bicyclic) bond motifs is 1. The van der Waals surface area contributed by atoms with Crippen molar-refractivity contribution in [3.63, 3.8) is 0 Å². The number of amides is 1. The van der Waals surface area contributed by atoms with E-state index >= 15 is 0 Å². The van der Waals surface area contributed by atoms with Crippen LogP contribution >= 0.6 is 0 Å². The molecule has 196 valence electrons. The van der Waals surface area contributed by atoms with E-state index in [2.05, 4.69) is 0 Å². The monoisotopic (exact) mass is 542 g/mol. The minimum absolute atomic E-state index is 0.0565. The maximum atomic E-state index is 13.7. The van der Waals surface area contributed by atoms with Crippen LogP contribution in [-0.4, -0.2) is 43.7 Å². The molecule has 2 aromatic rings. The number of carboxylic acid groups (broad SMARTS) is 1. The van der Waals surface area contributed by atoms with E-state index < -0.39 is 80.4 Å². The minimum atomic E-state index is -5.23. The molecule has 1 amide bonds. The Bertz CT molecular complexity index is 1340. The van der Waals surface area contributed by atoms with Gasteiger partial charge in [0.1, 0.15) is 11.4 Å². The van der Waals surface area contributed by atoms with Gasteiger partial charge in [0.25, 0.3) is 10.0 Å². The number of hydrogen-bond donors (Lipinski definition) is 1. The molecule has 0 aromatic heterocycles. The maximum absolute atomic E-state index is 13.7. The Morgan fingerprint density at radius 1 is 1.03 bits per heavy atom. The number of carbonyl (C=O) groups excluding carboxylic acids is 1. The van der Waals surface area contributed by atoms with E-state index in [1.54, 1.807) is 0 Å². The lowest BCUT2D eigenvalue weighted by Gasteiger charge is -2.38. The molecular weight excluding hydrogens is 525 g/mol. The minimum Gasteiger partial charge on any atom is -0.465 e. The molecule has 2 aromatic carbocycles. The first-order valence-electron chi connectivity index (χ1n) is 9.97. The van der Waals surface area contributed by atoms with Gasteiger partial charge in [0.15, 0.2) is 5.78 Å². The van der Waals surface area contributed by atoms with E-state index in [9.17, 15) is 53.8 Å². The highest BCUT2D eigenvalue weighted by atomic mass is 32.2. The molecule has 1 N–H and O–H groups in total. The molecule has 0 spiro atoms. The summed E-state index contributed by atoms with van der Waals surface area (Å²) in [6, 6.07) is 3.45. The number of anilines is 2. The molecule has 15 heteroatoms. The molecule has 0 atom stereocenters. The molecule has 0 fully saturated rings. The third-order valence-corrected chi connectivity index (χ3v) is 7.44. The fraction of sp³-hybridized carbons (Fsp3) is 0.333. The summed E-state index contributed by atoms with van der Waals surface area (Å²) in [6.07, 6.45) is -12.8. The van der Waals surface area contributed by atoms with Crippen LogP contribution < -0.4 is 9.21 Å². The Labute approximate surface area is 199 Å². The standard InChI is InChI=1S/C21H17F7N2O5S/c1-19(2,21(26,27)28)30(18(32)33)11-3-5-13-16(9-11)29(8-7-17(13)31)36(34,35)12-4-6-15(22)14(10-12)20(23,24)25/h3-6,9-10H,7-8H2,1-2H3,(H,32,33). The molecule has 1 aliphatic heterocycles. The molecule has 1 aliphatic rings. The van der Waals surface area contributed by atoms with E-state index in [-0.39, 0.29) is 16.5 Å². The van der Waals surface area contributed by atoms with Gasteiger partial charge in [-0.15, -0.1) is 0 Å². The maximum Gasteiger partial charge on any atom is 0.419 e. The molecule has 0 unspecified atom stereocenters. The van der Waals surface area contributed by atoms with Crippen LogP contribution in [0.5, 0.6) is 0 Å². The van der Waals surface area contributed by atoms with Crippen molar-refractivity contribution in [1.29, 1.82) is 0 Å². The predicted molar refractivity (Wildman–Crippen MR) is 112 cm³/mol. The zero-order chi connectivity index (χ0) is 27.4. The quantitative estimate of drug-likeness (QED) is 0.519. The van der Waals surface area contributed by atoms with Crippen molar-refractivity contribution < 1.29 is 53.8 Å². The van der Waals surface area contributed by atoms with Gasteiger partial charge in [-0.05, 0) is 50.2 Å². The number of halogens is 7. The first-order valence-corrected chi connectivity index (χ1v) is 11.4. The highest BCUT2D eigenvalue weighted by Gasteiger charge is 2.54. The van der Waals surface area contributed by atoms with Crippen molar-refractivity contribution in [2.75, 3.05) is 15.7 Å². The van der Waals surface area contributed by atoms with Gasteiger partial charge in [-0.2, -0.15) is 26.3 Å². The molecular formula is C21H17F7N2O5S. The molecule has 0 bridgehead atoms. The van der Waals surface area contributed by atoms with Gasteiger partial charge in [0.2, 0.25) is 0 Å². The van der Waals surface area contributed by atoms with Crippen molar-refractivity contribution in [1.82, 2.24) is 0 Å². The van der Waals surface area contributed by atoms with Gasteiger partial charge in [0.05, 0.1) is 21.8 Å². The van der Waals surface area contributed by atoms with Gasteiger partial charge < -0.3 is 5.11 Å². The molecule has 0 radical (unpaired) electrons. The highest BCUT2D eigenvalue weighted by molar-refractivity contribution is 7.92. The number of benzene rings is 2. The van der Waals surface area contributed by atoms with Crippen LogP contribution in [0.2, 0.25) is 0 Å². The Morgan fingerprint density at radius 3 is 2.17 bits per heavy atom. The highest BCUT2D eigenvalue weighted by Crippen LogP contribution is 2.42. The Hall–Kier alpha value is -3.36. The van der Waals surface area contributed by atoms with Crippen molar-refractivity contribution in [2.45, 2.75) is 43.1 Å². The number of ketones is 1. The fourth-order valence-corrected chi connectivity index (χ4v) is 5.12. The zero-order valence-electron chi connectivity index (χ0n) is 18.4. The summed E-state index contributed by atoms with van der Waals surface area (Å²) in [6.45, 7) is 0.529. The van der Waals surface area contributed by atoms with Crippen molar-refractivity contribution in [3.8, 4) is 0 Å². The summed E-state index contributed by atoms with van der Waals surface area (Å²) in [5.41, 5.74) is -6.34. The molecule has 0 saturated heterocycles. The van der Waals surface area contributed by atoms with Crippen LogP contribution in [0.4, 0.5) is 46.9 Å². The van der Waals surface area contributed by atoms with E-state index in [1.165, 1.54) is 0 Å². The summed E-state index contributed by atoms with van der Waals surface area (Å²) in [5.74, 6) is -2.36. The average molecular weight is 542 g/mol. The number of hydrogen-bond acceptors (Lipinski definition) is 4. The first-order chi connectivity index (χ1) is 16.3. The van der Waals surface area contributed by atoms with Gasteiger partial charge in [-0.1, -0.05) is 0 Å². The number of Topliss-reactive ketones (excluding diaryl/α,β-unsaturated/α-hetero) is 1. The number of alkyl halides is 6. The molecule has 36 heavy (non-hydrogen) atoms. The number of sulfonamides is 1. The lowest BCUT2D eigenvalue weighted by atomic mass is 9.98. The molecule has 0 aliphatic carbocycles. The summed E-state index contributed by atoms with van der Waals surface area (Å²) in [7, 11) is -4.90. The van der Waals surface area contributed by atoms with Gasteiger partial charge in [-0.25, -0.2) is 17.6 Å². The molecule has 0 saturated carbocycles. The molecule has 1 heterocycles. The Balaban J connectivity index is 2.21. The van der Waals surface area contributed by atoms with E-state index in [0.29, 0.717) is 30.3 Å². The van der Waals surface area contributed by atoms with Gasteiger partial charge in [-0.3, -0.25) is 14.0 Å². The van der Waals surface area contributed by atoms with Crippen LogP contribution in [0.1, 0.15) is 36.2 Å². The lowest BCUT2D eigenvalue weighted by Crippen LogP contribution is -2.57. The summed E-state index contributed by atoms with van der Waals surface area (Å²) >= 11 is 0. The van der Waals surface area contributed by atoms with Crippen molar-refractivity contribution >= 4 is 33.3 Å². The van der Waals surface area contributed by atoms with Crippen LogP contribution in [0.3, 0.4) is 0 Å². The van der Waals surface area contributed by atoms with Crippen molar-refractivity contribution in [3.05, 3.63) is 53.3 Å². The third-order valence-electron chi connectivity index (χ3n) is 5.63.